The molecule has 4 heteroatoms. The highest BCUT2D eigenvalue weighted by Crippen LogP contribution is 2.20. The summed E-state index contributed by atoms with van der Waals surface area (Å²) in [7, 11) is 1.96. The lowest BCUT2D eigenvalue weighted by molar-refractivity contribution is 0.780. The molecule has 0 atom stereocenters. The van der Waals surface area contributed by atoms with E-state index in [4.69, 9.17) is 0 Å². The second-order valence-corrected chi connectivity index (χ2v) is 4.40. The van der Waals surface area contributed by atoms with Crippen LogP contribution < -0.4 is 10.2 Å². The number of pyridine rings is 2. The van der Waals surface area contributed by atoms with Crippen molar-refractivity contribution >= 4 is 5.69 Å². The van der Waals surface area contributed by atoms with Crippen molar-refractivity contribution in [3.8, 4) is 0 Å². The summed E-state index contributed by atoms with van der Waals surface area (Å²) in [6, 6.07) is 6.18. The van der Waals surface area contributed by atoms with E-state index in [1.807, 2.05) is 31.8 Å². The third-order valence-corrected chi connectivity index (χ3v) is 3.10. The maximum absolute atomic E-state index is 4.26. The predicted molar refractivity (Wildman–Crippen MR) is 78.0 cm³/mol. The number of hydrogen-bond donors (Lipinski definition) is 1. The number of rotatable bonds is 6. The van der Waals surface area contributed by atoms with Gasteiger partial charge in [-0.15, -0.1) is 0 Å². The minimum atomic E-state index is 0.852. The number of nitrogens with zero attached hydrogens (tertiary/aromatic N) is 3. The lowest BCUT2D eigenvalue weighted by atomic mass is 10.1. The maximum Gasteiger partial charge on any atom is 0.0601 e. The third-order valence-electron chi connectivity index (χ3n) is 3.10. The molecule has 2 aromatic heterocycles. The van der Waals surface area contributed by atoms with Crippen LogP contribution in [0.15, 0.2) is 43.0 Å². The van der Waals surface area contributed by atoms with E-state index in [0.717, 1.165) is 19.6 Å². The summed E-state index contributed by atoms with van der Waals surface area (Å²) in [5.41, 5.74) is 3.72. The molecule has 0 fully saturated rings. The van der Waals surface area contributed by atoms with E-state index in [1.165, 1.54) is 16.8 Å². The van der Waals surface area contributed by atoms with Gasteiger partial charge in [0.05, 0.1) is 11.9 Å². The zero-order valence-corrected chi connectivity index (χ0v) is 11.5. The Morgan fingerprint density at radius 1 is 1.11 bits per heavy atom. The van der Waals surface area contributed by atoms with Gasteiger partial charge in [0.2, 0.25) is 0 Å². The fourth-order valence-electron chi connectivity index (χ4n) is 2.12. The zero-order chi connectivity index (χ0) is 13.5. The van der Waals surface area contributed by atoms with Crippen LogP contribution in [-0.4, -0.2) is 23.6 Å². The first kappa shape index (κ1) is 13.5. The molecule has 0 bridgehead atoms. The lowest BCUT2D eigenvalue weighted by Crippen LogP contribution is -2.24. The fourth-order valence-corrected chi connectivity index (χ4v) is 2.12. The van der Waals surface area contributed by atoms with Crippen LogP contribution in [0.4, 0.5) is 5.69 Å². The van der Waals surface area contributed by atoms with Gasteiger partial charge in [-0.2, -0.15) is 0 Å². The van der Waals surface area contributed by atoms with Crippen molar-refractivity contribution in [1.29, 1.82) is 0 Å². The Bertz CT molecular complexity index is 499. The Hall–Kier alpha value is -1.94. The number of hydrogen-bond acceptors (Lipinski definition) is 4. The molecule has 0 radical (unpaired) electrons. The van der Waals surface area contributed by atoms with Gasteiger partial charge in [0, 0.05) is 38.2 Å². The molecule has 0 aliphatic carbocycles. The largest absolute Gasteiger partial charge is 0.366 e. The molecule has 0 amide bonds. The summed E-state index contributed by atoms with van der Waals surface area (Å²) in [5.74, 6) is 0. The summed E-state index contributed by atoms with van der Waals surface area (Å²) in [4.78, 5) is 10.6. The van der Waals surface area contributed by atoms with Crippen LogP contribution in [0.25, 0.3) is 0 Å². The molecule has 0 spiro atoms. The molecule has 2 rings (SSSR count). The van der Waals surface area contributed by atoms with E-state index in [2.05, 4.69) is 45.3 Å². The van der Waals surface area contributed by atoms with Gasteiger partial charge in [-0.05, 0) is 43.3 Å². The van der Waals surface area contributed by atoms with Crippen molar-refractivity contribution in [2.75, 3.05) is 18.5 Å². The monoisotopic (exact) mass is 256 g/mol. The van der Waals surface area contributed by atoms with E-state index in [9.17, 15) is 0 Å². The molecule has 4 nitrogen and oxygen atoms in total. The third kappa shape index (κ3) is 3.51. The van der Waals surface area contributed by atoms with E-state index in [-0.39, 0.29) is 0 Å². The van der Waals surface area contributed by atoms with Gasteiger partial charge < -0.3 is 10.2 Å². The van der Waals surface area contributed by atoms with E-state index < -0.39 is 0 Å². The van der Waals surface area contributed by atoms with Crippen LogP contribution in [0.5, 0.6) is 0 Å². The Kier molecular flexibility index (Phi) is 4.86. The first-order valence-corrected chi connectivity index (χ1v) is 6.56. The SMILES string of the molecule is CCN(Cc1ccncc1)c1cnccc1CNC. The smallest absolute Gasteiger partial charge is 0.0601 e. The van der Waals surface area contributed by atoms with Crippen LogP contribution in [-0.2, 0) is 13.1 Å². The van der Waals surface area contributed by atoms with Crippen molar-refractivity contribution in [3.63, 3.8) is 0 Å². The van der Waals surface area contributed by atoms with Crippen LogP contribution >= 0.6 is 0 Å². The van der Waals surface area contributed by atoms with Gasteiger partial charge in [0.25, 0.3) is 0 Å². The second kappa shape index (κ2) is 6.85. The summed E-state index contributed by atoms with van der Waals surface area (Å²) < 4.78 is 0. The van der Waals surface area contributed by atoms with Gasteiger partial charge >= 0.3 is 0 Å². The molecule has 1 N–H and O–H groups in total. The minimum Gasteiger partial charge on any atom is -0.366 e. The van der Waals surface area contributed by atoms with Crippen molar-refractivity contribution in [3.05, 3.63) is 54.1 Å². The fraction of sp³-hybridized carbons (Fsp3) is 0.333. The molecule has 2 heterocycles. The second-order valence-electron chi connectivity index (χ2n) is 4.40. The summed E-state index contributed by atoms with van der Waals surface area (Å²) in [6.45, 7) is 4.84. The molecular weight excluding hydrogens is 236 g/mol. The van der Waals surface area contributed by atoms with Gasteiger partial charge in [-0.1, -0.05) is 0 Å². The highest BCUT2D eigenvalue weighted by atomic mass is 15.1. The van der Waals surface area contributed by atoms with Crippen molar-refractivity contribution in [1.82, 2.24) is 15.3 Å². The van der Waals surface area contributed by atoms with Crippen molar-refractivity contribution < 1.29 is 0 Å². The van der Waals surface area contributed by atoms with Crippen LogP contribution in [0, 0.1) is 0 Å². The van der Waals surface area contributed by atoms with Gasteiger partial charge in [0.15, 0.2) is 0 Å². The lowest BCUT2D eigenvalue weighted by Gasteiger charge is -2.25. The Balaban J connectivity index is 2.22. The van der Waals surface area contributed by atoms with E-state index >= 15 is 0 Å². The quantitative estimate of drug-likeness (QED) is 0.860. The standard InChI is InChI=1S/C15H20N4/c1-3-19(12-13-4-7-17-8-5-13)15-11-18-9-6-14(15)10-16-2/h4-9,11,16H,3,10,12H2,1-2H3. The molecule has 0 unspecified atom stereocenters. The van der Waals surface area contributed by atoms with E-state index in [1.54, 1.807) is 0 Å². The molecule has 19 heavy (non-hydrogen) atoms. The minimum absolute atomic E-state index is 0.852. The normalized spacial score (nSPS) is 10.4. The molecule has 0 aliphatic heterocycles. The predicted octanol–water partition coefficient (Wildman–Crippen LogP) is 2.22. The highest BCUT2D eigenvalue weighted by molar-refractivity contribution is 5.52. The maximum atomic E-state index is 4.26. The molecule has 0 saturated carbocycles. The summed E-state index contributed by atoms with van der Waals surface area (Å²) >= 11 is 0. The van der Waals surface area contributed by atoms with Crippen LogP contribution in [0.3, 0.4) is 0 Å². The molecular formula is C15H20N4. The van der Waals surface area contributed by atoms with E-state index in [0.29, 0.717) is 0 Å². The Labute approximate surface area is 114 Å². The van der Waals surface area contributed by atoms with Crippen LogP contribution in [0.1, 0.15) is 18.1 Å². The summed E-state index contributed by atoms with van der Waals surface area (Å²) in [5, 5.41) is 3.20. The highest BCUT2D eigenvalue weighted by Gasteiger charge is 2.10. The molecule has 0 aliphatic rings. The molecule has 0 aromatic carbocycles. The number of aromatic nitrogens is 2. The average molecular weight is 256 g/mol. The Morgan fingerprint density at radius 3 is 2.53 bits per heavy atom. The van der Waals surface area contributed by atoms with Crippen LogP contribution in [0.2, 0.25) is 0 Å². The topological polar surface area (TPSA) is 41.1 Å². The Morgan fingerprint density at radius 2 is 1.84 bits per heavy atom. The first-order valence-electron chi connectivity index (χ1n) is 6.56. The summed E-state index contributed by atoms with van der Waals surface area (Å²) in [6.07, 6.45) is 7.45. The molecule has 0 saturated heterocycles. The molecule has 100 valence electrons. The number of nitrogens with one attached hydrogen (secondary N) is 1. The zero-order valence-electron chi connectivity index (χ0n) is 11.5. The van der Waals surface area contributed by atoms with Crippen molar-refractivity contribution in [2.45, 2.75) is 20.0 Å². The average Bonchev–Trinajstić information content (AvgIpc) is 2.47. The van der Waals surface area contributed by atoms with Gasteiger partial charge in [-0.3, -0.25) is 9.97 Å². The van der Waals surface area contributed by atoms with Crippen molar-refractivity contribution in [2.24, 2.45) is 0 Å². The van der Waals surface area contributed by atoms with Gasteiger partial charge in [-0.25, -0.2) is 0 Å². The first-order chi connectivity index (χ1) is 9.35. The molecule has 2 aromatic rings. The van der Waals surface area contributed by atoms with Gasteiger partial charge in [0.1, 0.15) is 0 Å². The number of anilines is 1.